The lowest BCUT2D eigenvalue weighted by Gasteiger charge is -2.19. The topological polar surface area (TPSA) is 18.5 Å². The lowest BCUT2D eigenvalue weighted by atomic mass is 10.1. The Labute approximate surface area is 176 Å². The average molecular weight is 434 g/mol. The fraction of sp³-hybridized carbons (Fsp3) is 0.167. The molecule has 0 aliphatic rings. The molecule has 0 unspecified atom stereocenters. The first-order valence-electron chi connectivity index (χ1n) is 9.42. The number of allylic oxidation sites excluding steroid dienone is 1. The predicted molar refractivity (Wildman–Crippen MR) is 108 cm³/mol. The third kappa shape index (κ3) is 6.07. The normalized spacial score (nSPS) is 11.3. The minimum atomic E-state index is -3.61. The van der Waals surface area contributed by atoms with Gasteiger partial charge in [0.2, 0.25) is 0 Å². The van der Waals surface area contributed by atoms with E-state index in [1.54, 1.807) is 30.3 Å². The maximum atomic E-state index is 14.1. The van der Waals surface area contributed by atoms with E-state index in [1.807, 2.05) is 0 Å². The summed E-state index contributed by atoms with van der Waals surface area (Å²) >= 11 is 0. The van der Waals surface area contributed by atoms with Gasteiger partial charge in [-0.2, -0.15) is 8.78 Å². The minimum absolute atomic E-state index is 0.0644. The summed E-state index contributed by atoms with van der Waals surface area (Å²) in [5, 5.41) is 0. The van der Waals surface area contributed by atoms with Crippen LogP contribution in [0.25, 0.3) is 11.1 Å². The van der Waals surface area contributed by atoms with E-state index in [9.17, 15) is 22.0 Å². The van der Waals surface area contributed by atoms with Crippen LogP contribution in [0.2, 0.25) is 0 Å². The van der Waals surface area contributed by atoms with Gasteiger partial charge in [-0.05, 0) is 65.9 Å². The first-order chi connectivity index (χ1) is 14.8. The summed E-state index contributed by atoms with van der Waals surface area (Å²) in [6.45, 7) is 2.64. The molecule has 162 valence electrons. The molecule has 0 spiro atoms. The van der Waals surface area contributed by atoms with Crippen LogP contribution in [-0.2, 0) is 6.42 Å². The summed E-state index contributed by atoms with van der Waals surface area (Å²) in [4.78, 5) is 0. The molecule has 0 fully saturated rings. The summed E-state index contributed by atoms with van der Waals surface area (Å²) in [5.74, 6) is -4.14. The van der Waals surface area contributed by atoms with Crippen LogP contribution in [0.3, 0.4) is 0 Å². The second-order valence-electron chi connectivity index (χ2n) is 6.78. The summed E-state index contributed by atoms with van der Waals surface area (Å²) in [6, 6.07) is 13.5. The number of hydrogen-bond acceptors (Lipinski definition) is 2. The molecule has 0 heterocycles. The van der Waals surface area contributed by atoms with Crippen molar-refractivity contribution in [3.05, 3.63) is 96.3 Å². The van der Waals surface area contributed by atoms with E-state index in [-0.39, 0.29) is 17.1 Å². The summed E-state index contributed by atoms with van der Waals surface area (Å²) in [6.07, 6.45) is -0.200. The van der Waals surface area contributed by atoms with Crippen LogP contribution in [0, 0.1) is 17.5 Å². The van der Waals surface area contributed by atoms with Crippen molar-refractivity contribution in [2.24, 2.45) is 0 Å². The van der Waals surface area contributed by atoms with Gasteiger partial charge in [0.1, 0.15) is 11.5 Å². The predicted octanol–water partition coefficient (Wildman–Crippen LogP) is 6.94. The van der Waals surface area contributed by atoms with Crippen LogP contribution in [0.15, 0.2) is 73.3 Å². The molecule has 7 heteroatoms. The van der Waals surface area contributed by atoms with E-state index in [0.717, 1.165) is 30.5 Å². The van der Waals surface area contributed by atoms with Crippen LogP contribution in [-0.4, -0.2) is 12.7 Å². The summed E-state index contributed by atoms with van der Waals surface area (Å²) in [5.41, 5.74) is 1.41. The van der Waals surface area contributed by atoms with Gasteiger partial charge in [0.05, 0.1) is 0 Å². The fourth-order valence-corrected chi connectivity index (χ4v) is 2.83. The third-order valence-corrected chi connectivity index (χ3v) is 4.41. The third-order valence-electron chi connectivity index (χ3n) is 4.41. The van der Waals surface area contributed by atoms with Crippen LogP contribution in [0.4, 0.5) is 22.0 Å². The number of benzene rings is 3. The SMILES string of the molecule is C=CCCc1ccc(OCC(F)(F)Oc2ccc(-c3cc(F)c(F)c(F)c3)cc2)cc1. The summed E-state index contributed by atoms with van der Waals surface area (Å²) in [7, 11) is 0. The van der Waals surface area contributed by atoms with Crippen molar-refractivity contribution in [3.8, 4) is 22.6 Å². The van der Waals surface area contributed by atoms with Gasteiger partial charge in [-0.25, -0.2) is 13.2 Å². The lowest BCUT2D eigenvalue weighted by molar-refractivity contribution is -0.195. The van der Waals surface area contributed by atoms with E-state index in [0.29, 0.717) is 5.56 Å². The number of halogens is 5. The second kappa shape index (κ2) is 9.64. The molecule has 0 N–H and O–H groups in total. The van der Waals surface area contributed by atoms with Gasteiger partial charge < -0.3 is 9.47 Å². The molecule has 0 aliphatic heterocycles. The van der Waals surface area contributed by atoms with E-state index in [4.69, 9.17) is 4.74 Å². The maximum Gasteiger partial charge on any atom is 0.432 e. The molecule has 0 aromatic heterocycles. The Morgan fingerprint density at radius 1 is 0.806 bits per heavy atom. The standard InChI is InChI=1S/C24H19F5O2/c1-2-3-4-16-5-9-19(10-6-16)30-15-24(28,29)31-20-11-7-17(8-12-20)18-13-21(25)23(27)22(26)14-18/h2,5-14H,1,3-4,15H2. The zero-order valence-corrected chi connectivity index (χ0v) is 16.4. The highest BCUT2D eigenvalue weighted by Crippen LogP contribution is 2.28. The Morgan fingerprint density at radius 3 is 1.97 bits per heavy atom. The Morgan fingerprint density at radius 2 is 1.39 bits per heavy atom. The van der Waals surface area contributed by atoms with Gasteiger partial charge in [-0.15, -0.1) is 6.58 Å². The van der Waals surface area contributed by atoms with Gasteiger partial charge >= 0.3 is 6.11 Å². The molecule has 0 bridgehead atoms. The molecule has 3 rings (SSSR count). The number of hydrogen-bond donors (Lipinski definition) is 0. The second-order valence-corrected chi connectivity index (χ2v) is 6.78. The molecule has 3 aromatic rings. The van der Waals surface area contributed by atoms with Gasteiger partial charge in [-0.1, -0.05) is 30.3 Å². The number of rotatable bonds is 9. The van der Waals surface area contributed by atoms with Crippen molar-refractivity contribution in [2.75, 3.05) is 6.61 Å². The molecule has 0 amide bonds. The van der Waals surface area contributed by atoms with Gasteiger partial charge in [-0.3, -0.25) is 0 Å². The smallest absolute Gasteiger partial charge is 0.432 e. The molecule has 0 saturated heterocycles. The van der Waals surface area contributed by atoms with Crippen LogP contribution >= 0.6 is 0 Å². The molecule has 0 saturated carbocycles. The fourth-order valence-electron chi connectivity index (χ4n) is 2.83. The molecule has 0 atom stereocenters. The largest absolute Gasteiger partial charge is 0.483 e. The van der Waals surface area contributed by atoms with E-state index in [1.165, 1.54) is 24.3 Å². The van der Waals surface area contributed by atoms with Crippen LogP contribution in [0.5, 0.6) is 11.5 Å². The zero-order valence-electron chi connectivity index (χ0n) is 16.4. The first-order valence-corrected chi connectivity index (χ1v) is 9.42. The highest BCUT2D eigenvalue weighted by Gasteiger charge is 2.33. The Balaban J connectivity index is 1.60. The quantitative estimate of drug-likeness (QED) is 0.206. The van der Waals surface area contributed by atoms with Crippen molar-refractivity contribution in [2.45, 2.75) is 19.0 Å². The molecule has 31 heavy (non-hydrogen) atoms. The number of ether oxygens (including phenoxy) is 2. The van der Waals surface area contributed by atoms with E-state index in [2.05, 4.69) is 11.3 Å². The highest BCUT2D eigenvalue weighted by molar-refractivity contribution is 5.64. The van der Waals surface area contributed by atoms with Crippen molar-refractivity contribution >= 4 is 0 Å². The molecular formula is C24H19F5O2. The Kier molecular flexibility index (Phi) is 6.95. The van der Waals surface area contributed by atoms with Crippen molar-refractivity contribution in [1.29, 1.82) is 0 Å². The first kappa shape index (κ1) is 22.3. The van der Waals surface area contributed by atoms with E-state index < -0.39 is 30.2 Å². The minimum Gasteiger partial charge on any atom is -0.483 e. The monoisotopic (exact) mass is 434 g/mol. The molecule has 0 aliphatic carbocycles. The molecular weight excluding hydrogens is 415 g/mol. The van der Waals surface area contributed by atoms with Crippen molar-refractivity contribution in [3.63, 3.8) is 0 Å². The lowest BCUT2D eigenvalue weighted by Crippen LogP contribution is -2.32. The molecule has 2 nitrogen and oxygen atoms in total. The van der Waals surface area contributed by atoms with Gasteiger partial charge in [0.25, 0.3) is 0 Å². The number of aryl methyl sites for hydroxylation is 1. The molecule has 3 aromatic carbocycles. The van der Waals surface area contributed by atoms with Crippen LogP contribution < -0.4 is 9.47 Å². The highest BCUT2D eigenvalue weighted by atomic mass is 19.3. The van der Waals surface area contributed by atoms with E-state index >= 15 is 0 Å². The van der Waals surface area contributed by atoms with Crippen LogP contribution in [0.1, 0.15) is 12.0 Å². The van der Waals surface area contributed by atoms with Gasteiger partial charge in [0, 0.05) is 0 Å². The number of alkyl halides is 2. The van der Waals surface area contributed by atoms with Crippen molar-refractivity contribution in [1.82, 2.24) is 0 Å². The zero-order chi connectivity index (χ0) is 22.4. The van der Waals surface area contributed by atoms with Gasteiger partial charge in [0.15, 0.2) is 24.1 Å². The Hall–Kier alpha value is -3.35. The summed E-state index contributed by atoms with van der Waals surface area (Å²) < 4.78 is 77.8. The van der Waals surface area contributed by atoms with Crippen molar-refractivity contribution < 1.29 is 31.4 Å². The maximum absolute atomic E-state index is 14.1. The Bertz CT molecular complexity index is 1010. The average Bonchev–Trinajstić information content (AvgIpc) is 2.75. The molecule has 0 radical (unpaired) electrons.